The molecule has 0 fully saturated rings. The summed E-state index contributed by atoms with van der Waals surface area (Å²) in [6.45, 7) is 6.21. The molecule has 32 heavy (non-hydrogen) atoms. The van der Waals surface area contributed by atoms with Crippen LogP contribution in [0, 0.1) is 6.92 Å². The third-order valence-electron chi connectivity index (χ3n) is 5.53. The van der Waals surface area contributed by atoms with E-state index in [1.54, 1.807) is 0 Å². The highest BCUT2D eigenvalue weighted by Crippen LogP contribution is 2.26. The first-order chi connectivity index (χ1) is 15.7. The monoisotopic (exact) mass is 419 g/mol. The van der Waals surface area contributed by atoms with Gasteiger partial charge in [-0.15, -0.1) is 0 Å². The first-order valence-corrected chi connectivity index (χ1v) is 11.1. The molecule has 0 spiro atoms. The van der Waals surface area contributed by atoms with Crippen LogP contribution in [0.5, 0.6) is 0 Å². The largest absolute Gasteiger partial charge is 0.367 e. The molecule has 4 aromatic carbocycles. The molecule has 0 heterocycles. The van der Waals surface area contributed by atoms with Crippen LogP contribution in [0.15, 0.2) is 114 Å². The van der Waals surface area contributed by atoms with Crippen LogP contribution in [-0.4, -0.2) is 12.8 Å². The number of anilines is 3. The molecule has 0 unspecified atom stereocenters. The van der Waals surface area contributed by atoms with Gasteiger partial charge in [0.2, 0.25) is 0 Å². The molecule has 4 aromatic rings. The minimum atomic E-state index is 0.903. The van der Waals surface area contributed by atoms with Crippen molar-refractivity contribution in [1.29, 1.82) is 0 Å². The maximum atomic E-state index is 4.85. The molecule has 0 aromatic heterocycles. The lowest BCUT2D eigenvalue weighted by Gasteiger charge is -2.24. The molecule has 0 amide bonds. The number of hydrazone groups is 1. The van der Waals surface area contributed by atoms with Gasteiger partial charge in [-0.1, -0.05) is 72.8 Å². The van der Waals surface area contributed by atoms with Crippen molar-refractivity contribution in [3.8, 4) is 0 Å². The molecule has 3 heteroatoms. The molecule has 0 aliphatic rings. The molecular weight excluding hydrogens is 390 g/mol. The van der Waals surface area contributed by atoms with E-state index in [1.165, 1.54) is 16.8 Å². The van der Waals surface area contributed by atoms with Gasteiger partial charge in [0.05, 0.1) is 17.6 Å². The maximum absolute atomic E-state index is 4.85. The number of nitrogens with zero attached hydrogens (tertiary/aromatic N) is 3. The lowest BCUT2D eigenvalue weighted by molar-refractivity contribution is 0.831. The van der Waals surface area contributed by atoms with Crippen LogP contribution >= 0.6 is 0 Å². The second kappa shape index (κ2) is 10.5. The summed E-state index contributed by atoms with van der Waals surface area (Å²) in [5.41, 5.74) is 6.93. The van der Waals surface area contributed by atoms with Crippen LogP contribution in [0.3, 0.4) is 0 Å². The van der Waals surface area contributed by atoms with Crippen LogP contribution in [0.4, 0.5) is 17.1 Å². The molecule has 0 saturated carbocycles. The van der Waals surface area contributed by atoms with Crippen molar-refractivity contribution in [2.24, 2.45) is 5.10 Å². The summed E-state index contributed by atoms with van der Waals surface area (Å²) in [6.07, 6.45) is 1.95. The number of benzene rings is 4. The van der Waals surface area contributed by atoms with E-state index < -0.39 is 0 Å². The Balaban J connectivity index is 1.58. The summed E-state index contributed by atoms with van der Waals surface area (Å²) in [5.74, 6) is 0. The first-order valence-electron chi connectivity index (χ1n) is 11.1. The number of para-hydroxylation sites is 2. The van der Waals surface area contributed by atoms with Crippen molar-refractivity contribution in [2.45, 2.75) is 20.4 Å². The predicted molar refractivity (Wildman–Crippen MR) is 137 cm³/mol. The molecule has 0 aliphatic heterocycles. The van der Waals surface area contributed by atoms with E-state index in [0.29, 0.717) is 0 Å². The Morgan fingerprint density at radius 3 is 1.78 bits per heavy atom. The van der Waals surface area contributed by atoms with Gasteiger partial charge in [-0.25, -0.2) is 5.01 Å². The van der Waals surface area contributed by atoms with E-state index in [-0.39, 0.29) is 0 Å². The van der Waals surface area contributed by atoms with Gasteiger partial charge < -0.3 is 4.90 Å². The normalized spacial score (nSPS) is 10.9. The van der Waals surface area contributed by atoms with Gasteiger partial charge in [0, 0.05) is 18.8 Å². The van der Waals surface area contributed by atoms with Gasteiger partial charge in [0.25, 0.3) is 0 Å². The summed E-state index contributed by atoms with van der Waals surface area (Å²) in [7, 11) is 0. The summed E-state index contributed by atoms with van der Waals surface area (Å²) in [5, 5.41) is 6.83. The van der Waals surface area contributed by atoms with Crippen molar-refractivity contribution in [1.82, 2.24) is 0 Å². The van der Waals surface area contributed by atoms with Crippen LogP contribution in [0.25, 0.3) is 0 Å². The number of rotatable bonds is 8. The van der Waals surface area contributed by atoms with E-state index in [9.17, 15) is 0 Å². The summed E-state index contributed by atoms with van der Waals surface area (Å²) >= 11 is 0. The van der Waals surface area contributed by atoms with Gasteiger partial charge in [-0.2, -0.15) is 5.10 Å². The van der Waals surface area contributed by atoms with Gasteiger partial charge in [-0.05, 0) is 66.9 Å². The molecule has 0 radical (unpaired) electrons. The quantitative estimate of drug-likeness (QED) is 0.222. The fraction of sp³-hybridized carbons (Fsp3) is 0.138. The van der Waals surface area contributed by atoms with Gasteiger partial charge in [0.1, 0.15) is 0 Å². The van der Waals surface area contributed by atoms with E-state index in [1.807, 2.05) is 47.6 Å². The molecule has 160 valence electrons. The second-order valence-corrected chi connectivity index (χ2v) is 7.77. The Kier molecular flexibility index (Phi) is 6.98. The highest BCUT2D eigenvalue weighted by Gasteiger charge is 2.09. The number of hydrogen-bond acceptors (Lipinski definition) is 3. The molecule has 0 atom stereocenters. The number of hydrogen-bond donors (Lipinski definition) is 0. The topological polar surface area (TPSA) is 18.8 Å². The SMILES string of the molecule is CCN(Cc1ccccc1)c1ccc(C=NN(c2ccccc2)c2ccccc2)c(C)c1. The van der Waals surface area contributed by atoms with E-state index in [4.69, 9.17) is 5.10 Å². The van der Waals surface area contributed by atoms with Gasteiger partial charge >= 0.3 is 0 Å². The summed E-state index contributed by atoms with van der Waals surface area (Å²) in [4.78, 5) is 2.39. The molecule has 0 N–H and O–H groups in total. The Morgan fingerprint density at radius 1 is 0.688 bits per heavy atom. The van der Waals surface area contributed by atoms with Gasteiger partial charge in [0.15, 0.2) is 0 Å². The van der Waals surface area contributed by atoms with Crippen molar-refractivity contribution in [3.05, 3.63) is 126 Å². The third kappa shape index (κ3) is 5.25. The van der Waals surface area contributed by atoms with Crippen molar-refractivity contribution in [3.63, 3.8) is 0 Å². The average molecular weight is 420 g/mol. The Labute approximate surface area is 191 Å². The zero-order chi connectivity index (χ0) is 22.2. The smallest absolute Gasteiger partial charge is 0.0652 e. The third-order valence-corrected chi connectivity index (χ3v) is 5.53. The van der Waals surface area contributed by atoms with E-state index in [0.717, 1.165) is 30.0 Å². The fourth-order valence-electron chi connectivity index (χ4n) is 3.73. The standard InChI is InChI=1S/C29H29N3/c1-3-31(23-25-13-7-4-8-14-25)29-20-19-26(24(2)21-29)22-30-32(27-15-9-5-10-16-27)28-17-11-6-12-18-28/h4-22H,3,23H2,1-2H3. The zero-order valence-electron chi connectivity index (χ0n) is 18.7. The van der Waals surface area contributed by atoms with Crippen LogP contribution in [-0.2, 0) is 6.54 Å². The minimum absolute atomic E-state index is 0.903. The molecular formula is C29H29N3. The van der Waals surface area contributed by atoms with Crippen molar-refractivity contribution in [2.75, 3.05) is 16.5 Å². The maximum Gasteiger partial charge on any atom is 0.0652 e. The average Bonchev–Trinajstić information content (AvgIpc) is 2.85. The Morgan fingerprint density at radius 2 is 1.25 bits per heavy atom. The number of aryl methyl sites for hydroxylation is 1. The minimum Gasteiger partial charge on any atom is -0.367 e. The second-order valence-electron chi connectivity index (χ2n) is 7.77. The Bertz CT molecular complexity index is 1100. The highest BCUT2D eigenvalue weighted by molar-refractivity contribution is 5.84. The predicted octanol–water partition coefficient (Wildman–Crippen LogP) is 7.19. The zero-order valence-corrected chi connectivity index (χ0v) is 18.7. The molecule has 0 saturated heterocycles. The van der Waals surface area contributed by atoms with E-state index in [2.05, 4.69) is 91.5 Å². The summed E-state index contributed by atoms with van der Waals surface area (Å²) < 4.78 is 0. The molecule has 0 bridgehead atoms. The van der Waals surface area contributed by atoms with E-state index >= 15 is 0 Å². The van der Waals surface area contributed by atoms with Crippen LogP contribution < -0.4 is 9.91 Å². The van der Waals surface area contributed by atoms with Crippen LogP contribution in [0.1, 0.15) is 23.6 Å². The molecule has 4 rings (SSSR count). The first kappa shape index (κ1) is 21.4. The summed E-state index contributed by atoms with van der Waals surface area (Å²) in [6, 6.07) is 37.7. The molecule has 3 nitrogen and oxygen atoms in total. The fourth-order valence-corrected chi connectivity index (χ4v) is 3.73. The van der Waals surface area contributed by atoms with Crippen molar-refractivity contribution < 1.29 is 0 Å². The Hall–Kier alpha value is -3.85. The molecule has 0 aliphatic carbocycles. The van der Waals surface area contributed by atoms with Gasteiger partial charge in [-0.3, -0.25) is 0 Å². The lowest BCUT2D eigenvalue weighted by atomic mass is 10.1. The van der Waals surface area contributed by atoms with Crippen LogP contribution in [0.2, 0.25) is 0 Å². The van der Waals surface area contributed by atoms with Crippen molar-refractivity contribution >= 4 is 23.3 Å². The lowest BCUT2D eigenvalue weighted by Crippen LogP contribution is -2.22. The highest BCUT2D eigenvalue weighted by atomic mass is 15.5.